The Kier molecular flexibility index (Phi) is 8.00. The van der Waals surface area contributed by atoms with Gasteiger partial charge in [-0.15, -0.1) is 0 Å². The number of hydrogen-bond acceptors (Lipinski definition) is 1. The number of alkyl halides is 2. The van der Waals surface area contributed by atoms with Crippen molar-refractivity contribution in [2.75, 3.05) is 0 Å². The van der Waals surface area contributed by atoms with Crippen molar-refractivity contribution in [2.45, 2.75) is 122 Å². The van der Waals surface area contributed by atoms with Crippen LogP contribution in [0.4, 0.5) is 8.78 Å². The third-order valence-electron chi connectivity index (χ3n) is 8.35. The summed E-state index contributed by atoms with van der Waals surface area (Å²) in [5, 5.41) is 0. The van der Waals surface area contributed by atoms with E-state index in [0.29, 0.717) is 18.8 Å². The minimum absolute atomic E-state index is 0.0544. The zero-order valence-electron chi connectivity index (χ0n) is 17.8. The molecule has 0 aromatic carbocycles. The molecule has 3 atom stereocenters. The van der Waals surface area contributed by atoms with Crippen LogP contribution in [0.3, 0.4) is 0 Å². The van der Waals surface area contributed by atoms with E-state index in [2.05, 4.69) is 6.92 Å². The van der Waals surface area contributed by atoms with Crippen LogP contribution in [0.1, 0.15) is 97.8 Å². The Bertz CT molecular complexity index is 414. The Morgan fingerprint density at radius 1 is 0.741 bits per heavy atom. The van der Waals surface area contributed by atoms with Crippen LogP contribution in [0.5, 0.6) is 0 Å². The van der Waals surface area contributed by atoms with Gasteiger partial charge in [-0.2, -0.15) is 0 Å². The molecule has 0 amide bonds. The normalized spacial score (nSPS) is 44.8. The Balaban J connectivity index is 1.45. The average Bonchev–Trinajstić information content (AvgIpc) is 2.70. The lowest BCUT2D eigenvalue weighted by molar-refractivity contribution is -0.116. The highest BCUT2D eigenvalue weighted by Crippen LogP contribution is 2.46. The Hall–Kier alpha value is -0.180. The zero-order chi connectivity index (χ0) is 19.4. The van der Waals surface area contributed by atoms with Crippen LogP contribution in [0.2, 0.25) is 0 Å². The van der Waals surface area contributed by atoms with E-state index in [9.17, 15) is 8.78 Å². The molecule has 0 bridgehead atoms. The van der Waals surface area contributed by atoms with Crippen molar-refractivity contribution >= 4 is 0 Å². The van der Waals surface area contributed by atoms with Crippen LogP contribution in [-0.4, -0.2) is 24.6 Å². The predicted molar refractivity (Wildman–Crippen MR) is 108 cm³/mol. The second kappa shape index (κ2) is 10.0. The van der Waals surface area contributed by atoms with Crippen molar-refractivity contribution in [1.29, 1.82) is 0 Å². The monoisotopic (exact) mass is 384 g/mol. The molecular weight excluding hydrogens is 342 g/mol. The molecule has 158 valence electrons. The number of hydrogen-bond donors (Lipinski definition) is 0. The Labute approximate surface area is 166 Å². The first-order valence-corrected chi connectivity index (χ1v) is 11.9. The lowest BCUT2D eigenvalue weighted by Gasteiger charge is -2.43. The van der Waals surface area contributed by atoms with Gasteiger partial charge < -0.3 is 4.74 Å². The van der Waals surface area contributed by atoms with Crippen LogP contribution in [-0.2, 0) is 4.74 Å². The smallest absolute Gasteiger partial charge is 0.129 e. The highest BCUT2D eigenvalue weighted by Gasteiger charge is 2.43. The summed E-state index contributed by atoms with van der Waals surface area (Å²) in [5.41, 5.74) is 0. The van der Waals surface area contributed by atoms with Gasteiger partial charge in [0, 0.05) is 0 Å². The SMILES string of the molecule is CCC1CCC(C2CCC(C3CC(F)C(OC(C)CC)C(F)C3)CC2)CC1. The molecule has 3 unspecified atom stereocenters. The molecule has 0 aliphatic heterocycles. The van der Waals surface area contributed by atoms with Crippen LogP contribution >= 0.6 is 0 Å². The third kappa shape index (κ3) is 5.46. The first-order chi connectivity index (χ1) is 13.0. The van der Waals surface area contributed by atoms with Gasteiger partial charge in [-0.1, -0.05) is 33.1 Å². The van der Waals surface area contributed by atoms with E-state index in [1.54, 1.807) is 0 Å². The molecule has 1 nitrogen and oxygen atoms in total. The van der Waals surface area contributed by atoms with Gasteiger partial charge in [0.05, 0.1) is 6.10 Å². The first-order valence-electron chi connectivity index (χ1n) is 11.9. The summed E-state index contributed by atoms with van der Waals surface area (Å²) in [4.78, 5) is 0. The van der Waals surface area contributed by atoms with Gasteiger partial charge in [0.2, 0.25) is 0 Å². The van der Waals surface area contributed by atoms with Gasteiger partial charge in [-0.3, -0.25) is 0 Å². The molecule has 3 fully saturated rings. The highest BCUT2D eigenvalue weighted by molar-refractivity contribution is 4.92. The van der Waals surface area contributed by atoms with E-state index in [1.165, 1.54) is 57.8 Å². The minimum atomic E-state index is -1.13. The summed E-state index contributed by atoms with van der Waals surface area (Å²) in [6, 6.07) is 0. The molecule has 0 aromatic heterocycles. The third-order valence-corrected chi connectivity index (χ3v) is 8.35. The van der Waals surface area contributed by atoms with Crippen molar-refractivity contribution in [3.63, 3.8) is 0 Å². The highest BCUT2D eigenvalue weighted by atomic mass is 19.1. The second-order valence-corrected chi connectivity index (χ2v) is 9.95. The fourth-order valence-electron chi connectivity index (χ4n) is 6.25. The molecule has 0 aromatic rings. The van der Waals surface area contributed by atoms with Crippen molar-refractivity contribution in [3.05, 3.63) is 0 Å². The fourth-order valence-corrected chi connectivity index (χ4v) is 6.25. The number of rotatable bonds is 6. The molecule has 3 aliphatic carbocycles. The van der Waals surface area contributed by atoms with Crippen molar-refractivity contribution in [2.24, 2.45) is 29.6 Å². The number of halogens is 2. The predicted octanol–water partition coefficient (Wildman–Crippen LogP) is 7.28. The average molecular weight is 385 g/mol. The first kappa shape index (κ1) is 21.5. The summed E-state index contributed by atoms with van der Waals surface area (Å²) in [6.07, 6.45) is 10.7. The Morgan fingerprint density at radius 2 is 1.19 bits per heavy atom. The minimum Gasteiger partial charge on any atom is -0.369 e. The molecule has 3 saturated carbocycles. The summed E-state index contributed by atoms with van der Waals surface area (Å²) >= 11 is 0. The summed E-state index contributed by atoms with van der Waals surface area (Å²) in [6.45, 7) is 6.25. The van der Waals surface area contributed by atoms with Gasteiger partial charge in [-0.25, -0.2) is 8.78 Å². The standard InChI is InChI=1S/C24H42F2O/c1-4-16(3)27-24-22(25)14-21(15-23(24)26)20-12-10-19(11-13-20)18-8-6-17(5-2)7-9-18/h16-24H,4-15H2,1-3H3. The summed E-state index contributed by atoms with van der Waals surface area (Å²) < 4.78 is 35.0. The summed E-state index contributed by atoms with van der Waals surface area (Å²) in [7, 11) is 0. The number of ether oxygens (including phenoxy) is 1. The molecular formula is C24H42F2O. The molecule has 3 heteroatoms. The van der Waals surface area contributed by atoms with E-state index < -0.39 is 18.4 Å². The molecule has 0 radical (unpaired) electrons. The van der Waals surface area contributed by atoms with Gasteiger partial charge in [-0.05, 0) is 94.3 Å². The molecule has 0 saturated heterocycles. The molecule has 0 N–H and O–H groups in total. The van der Waals surface area contributed by atoms with Crippen LogP contribution < -0.4 is 0 Å². The molecule has 3 aliphatic rings. The second-order valence-electron chi connectivity index (χ2n) is 9.95. The maximum Gasteiger partial charge on any atom is 0.129 e. The Morgan fingerprint density at radius 3 is 1.63 bits per heavy atom. The van der Waals surface area contributed by atoms with E-state index in [-0.39, 0.29) is 12.0 Å². The van der Waals surface area contributed by atoms with Gasteiger partial charge in [0.1, 0.15) is 18.4 Å². The quantitative estimate of drug-likeness (QED) is 0.467. The maximum atomic E-state index is 14.7. The van der Waals surface area contributed by atoms with E-state index in [0.717, 1.165) is 24.2 Å². The van der Waals surface area contributed by atoms with Gasteiger partial charge >= 0.3 is 0 Å². The van der Waals surface area contributed by atoms with E-state index in [4.69, 9.17) is 4.74 Å². The van der Waals surface area contributed by atoms with Crippen molar-refractivity contribution in [1.82, 2.24) is 0 Å². The largest absolute Gasteiger partial charge is 0.369 e. The molecule has 3 rings (SSSR count). The van der Waals surface area contributed by atoms with E-state index in [1.807, 2.05) is 13.8 Å². The van der Waals surface area contributed by atoms with Crippen molar-refractivity contribution < 1.29 is 13.5 Å². The van der Waals surface area contributed by atoms with Crippen molar-refractivity contribution in [3.8, 4) is 0 Å². The van der Waals surface area contributed by atoms with Gasteiger partial charge in [0.25, 0.3) is 0 Å². The molecule has 0 spiro atoms. The fraction of sp³-hybridized carbons (Fsp3) is 1.00. The van der Waals surface area contributed by atoms with Crippen LogP contribution in [0.15, 0.2) is 0 Å². The molecule has 0 heterocycles. The summed E-state index contributed by atoms with van der Waals surface area (Å²) in [5.74, 6) is 3.54. The molecule has 27 heavy (non-hydrogen) atoms. The lowest BCUT2D eigenvalue weighted by atomic mass is 9.65. The lowest BCUT2D eigenvalue weighted by Crippen LogP contribution is -2.45. The van der Waals surface area contributed by atoms with Crippen LogP contribution in [0.25, 0.3) is 0 Å². The zero-order valence-corrected chi connectivity index (χ0v) is 17.8. The van der Waals surface area contributed by atoms with Crippen LogP contribution in [0, 0.1) is 29.6 Å². The van der Waals surface area contributed by atoms with E-state index >= 15 is 0 Å². The van der Waals surface area contributed by atoms with Gasteiger partial charge in [0.15, 0.2) is 0 Å². The maximum absolute atomic E-state index is 14.7. The topological polar surface area (TPSA) is 9.23 Å².